The van der Waals surface area contributed by atoms with Crippen molar-refractivity contribution in [3.63, 3.8) is 0 Å². The molecule has 2 heteroatoms. The molecule has 0 spiro atoms. The highest BCUT2D eigenvalue weighted by Crippen LogP contribution is 2.45. The van der Waals surface area contributed by atoms with Crippen LogP contribution in [0.5, 0.6) is 0 Å². The first-order valence-electron chi connectivity index (χ1n) is 4.01. The Morgan fingerprint density at radius 2 is 2.20 bits per heavy atom. The third-order valence-electron chi connectivity index (χ3n) is 2.91. The van der Waals surface area contributed by atoms with Gasteiger partial charge in [0.25, 0.3) is 0 Å². The summed E-state index contributed by atoms with van der Waals surface area (Å²) < 4.78 is 5.07. The first kappa shape index (κ1) is 6.62. The van der Waals surface area contributed by atoms with E-state index in [9.17, 15) is 0 Å². The number of hydrogen-bond donors (Lipinski definition) is 1. The quantitative estimate of drug-likeness (QED) is 0.634. The van der Waals surface area contributed by atoms with Crippen LogP contribution in [0.1, 0.15) is 25.7 Å². The van der Waals surface area contributed by atoms with Crippen molar-refractivity contribution in [2.24, 2.45) is 11.8 Å². The van der Waals surface area contributed by atoms with Gasteiger partial charge in [-0.3, -0.25) is 0 Å². The van der Waals surface area contributed by atoms with Crippen LogP contribution in [0.2, 0.25) is 0 Å². The van der Waals surface area contributed by atoms with Crippen molar-refractivity contribution in [3.8, 4) is 0 Å². The van der Waals surface area contributed by atoms with Crippen LogP contribution in [0.15, 0.2) is 0 Å². The molecule has 10 heavy (non-hydrogen) atoms. The van der Waals surface area contributed by atoms with Crippen LogP contribution in [0.3, 0.4) is 0 Å². The Bertz CT molecular complexity index is 124. The fourth-order valence-electron chi connectivity index (χ4n) is 2.43. The normalized spacial score (nSPS) is 44.7. The lowest BCUT2D eigenvalue weighted by molar-refractivity contribution is -0.00869. The van der Waals surface area contributed by atoms with Gasteiger partial charge in [0.2, 0.25) is 6.79 Å². The summed E-state index contributed by atoms with van der Waals surface area (Å²) >= 11 is 0. The third-order valence-corrected chi connectivity index (χ3v) is 2.91. The fraction of sp³-hybridized carbons (Fsp3) is 0.875. The second-order valence-electron chi connectivity index (χ2n) is 3.45. The smallest absolute Gasteiger partial charge is 0.207 e. The van der Waals surface area contributed by atoms with E-state index in [2.05, 4.69) is 0 Å². The summed E-state index contributed by atoms with van der Waals surface area (Å²) in [6.45, 7) is 0.853. The van der Waals surface area contributed by atoms with Crippen LogP contribution >= 0.6 is 0 Å². The van der Waals surface area contributed by atoms with Gasteiger partial charge in [0.1, 0.15) is 0 Å². The van der Waals surface area contributed by atoms with Gasteiger partial charge in [-0.15, -0.1) is 0 Å². The highest BCUT2D eigenvalue weighted by molar-refractivity contribution is 4.90. The van der Waals surface area contributed by atoms with E-state index in [0.717, 1.165) is 18.6 Å². The van der Waals surface area contributed by atoms with E-state index in [1.165, 1.54) is 25.7 Å². The summed E-state index contributed by atoms with van der Waals surface area (Å²) in [5.74, 6) is 1.64. The standard InChI is InChI=1S/C8H13O2/c9-5-10-8-4-6-1-2-7(8)3-6/h5-9H,1-4H2. The monoisotopic (exact) mass is 141 g/mol. The molecule has 0 aromatic heterocycles. The molecule has 1 radical (unpaired) electrons. The van der Waals surface area contributed by atoms with Crippen LogP contribution < -0.4 is 0 Å². The van der Waals surface area contributed by atoms with Gasteiger partial charge in [-0.25, -0.2) is 0 Å². The molecule has 2 saturated carbocycles. The van der Waals surface area contributed by atoms with Crippen molar-refractivity contribution in [2.75, 3.05) is 0 Å². The minimum Gasteiger partial charge on any atom is -0.364 e. The Labute approximate surface area is 61.2 Å². The number of fused-ring (bicyclic) bond motifs is 2. The van der Waals surface area contributed by atoms with E-state index in [1.807, 2.05) is 0 Å². The maximum absolute atomic E-state index is 8.41. The zero-order chi connectivity index (χ0) is 6.97. The second-order valence-corrected chi connectivity index (χ2v) is 3.45. The molecule has 57 valence electrons. The van der Waals surface area contributed by atoms with E-state index in [0.29, 0.717) is 6.10 Å². The van der Waals surface area contributed by atoms with Crippen molar-refractivity contribution < 1.29 is 9.84 Å². The molecular weight excluding hydrogens is 128 g/mol. The van der Waals surface area contributed by atoms with E-state index >= 15 is 0 Å². The average molecular weight is 141 g/mol. The van der Waals surface area contributed by atoms with Crippen molar-refractivity contribution in [2.45, 2.75) is 31.8 Å². The molecular formula is C8H13O2. The van der Waals surface area contributed by atoms with Crippen molar-refractivity contribution in [1.82, 2.24) is 0 Å². The highest BCUT2D eigenvalue weighted by atomic mass is 16.6. The molecule has 3 atom stereocenters. The summed E-state index contributed by atoms with van der Waals surface area (Å²) in [7, 11) is 0. The number of aliphatic hydroxyl groups is 1. The molecule has 0 aliphatic heterocycles. The van der Waals surface area contributed by atoms with E-state index < -0.39 is 0 Å². The van der Waals surface area contributed by atoms with E-state index in [1.54, 1.807) is 0 Å². The van der Waals surface area contributed by atoms with E-state index in [-0.39, 0.29) is 0 Å². The molecule has 0 saturated heterocycles. The lowest BCUT2D eigenvalue weighted by atomic mass is 9.98. The summed E-state index contributed by atoms with van der Waals surface area (Å²) in [6.07, 6.45) is 5.53. The number of ether oxygens (including phenoxy) is 1. The van der Waals surface area contributed by atoms with Crippen LogP contribution in [0.25, 0.3) is 0 Å². The lowest BCUT2D eigenvalue weighted by Crippen LogP contribution is -2.18. The Morgan fingerprint density at radius 3 is 2.70 bits per heavy atom. The second kappa shape index (κ2) is 2.51. The van der Waals surface area contributed by atoms with Crippen LogP contribution in [-0.2, 0) is 4.74 Å². The average Bonchev–Trinajstić information content (AvgIpc) is 2.48. The Kier molecular flexibility index (Phi) is 1.66. The number of aliphatic hydroxyl groups excluding tert-OH is 1. The predicted molar refractivity (Wildman–Crippen MR) is 36.6 cm³/mol. The Morgan fingerprint density at radius 1 is 1.30 bits per heavy atom. The Balaban J connectivity index is 1.90. The molecule has 2 rings (SSSR count). The molecule has 2 aliphatic rings. The van der Waals surface area contributed by atoms with Crippen LogP contribution in [0, 0.1) is 18.6 Å². The SMILES string of the molecule is O[CH]OC1CC2CCC1C2. The van der Waals surface area contributed by atoms with Gasteiger partial charge >= 0.3 is 0 Å². The van der Waals surface area contributed by atoms with Gasteiger partial charge in [0, 0.05) is 0 Å². The first-order chi connectivity index (χ1) is 4.90. The summed E-state index contributed by atoms with van der Waals surface area (Å²) in [4.78, 5) is 0. The maximum atomic E-state index is 8.41. The lowest BCUT2D eigenvalue weighted by Gasteiger charge is -2.19. The largest absolute Gasteiger partial charge is 0.364 e. The minimum absolute atomic E-state index is 0.337. The van der Waals surface area contributed by atoms with Gasteiger partial charge in [0.05, 0.1) is 6.10 Å². The number of hydrogen-bond acceptors (Lipinski definition) is 2. The molecule has 0 aromatic rings. The molecule has 2 bridgehead atoms. The topological polar surface area (TPSA) is 29.5 Å². The minimum atomic E-state index is 0.337. The molecule has 2 nitrogen and oxygen atoms in total. The van der Waals surface area contributed by atoms with E-state index in [4.69, 9.17) is 9.84 Å². The molecule has 0 heterocycles. The van der Waals surface area contributed by atoms with Crippen molar-refractivity contribution in [3.05, 3.63) is 6.79 Å². The summed E-state index contributed by atoms with van der Waals surface area (Å²) in [5.41, 5.74) is 0. The highest BCUT2D eigenvalue weighted by Gasteiger charge is 2.39. The molecule has 2 fully saturated rings. The zero-order valence-corrected chi connectivity index (χ0v) is 5.99. The van der Waals surface area contributed by atoms with Crippen LogP contribution in [0.4, 0.5) is 0 Å². The fourth-order valence-corrected chi connectivity index (χ4v) is 2.43. The molecule has 1 N–H and O–H groups in total. The van der Waals surface area contributed by atoms with Crippen LogP contribution in [-0.4, -0.2) is 11.2 Å². The summed E-state index contributed by atoms with van der Waals surface area (Å²) in [6, 6.07) is 0. The van der Waals surface area contributed by atoms with Gasteiger partial charge < -0.3 is 9.84 Å². The van der Waals surface area contributed by atoms with Gasteiger partial charge in [0.15, 0.2) is 0 Å². The molecule has 0 amide bonds. The van der Waals surface area contributed by atoms with Crippen molar-refractivity contribution in [1.29, 1.82) is 0 Å². The van der Waals surface area contributed by atoms with Gasteiger partial charge in [-0.05, 0) is 37.5 Å². The van der Waals surface area contributed by atoms with Gasteiger partial charge in [-0.1, -0.05) is 0 Å². The zero-order valence-electron chi connectivity index (χ0n) is 5.99. The summed E-state index contributed by atoms with van der Waals surface area (Å²) in [5, 5.41) is 8.41. The molecule has 0 aromatic carbocycles. The Hall–Kier alpha value is -0.0800. The third kappa shape index (κ3) is 0.956. The first-order valence-corrected chi connectivity index (χ1v) is 4.01. The van der Waals surface area contributed by atoms with Gasteiger partial charge in [-0.2, -0.15) is 0 Å². The maximum Gasteiger partial charge on any atom is 0.207 e. The van der Waals surface area contributed by atoms with Crippen molar-refractivity contribution >= 4 is 0 Å². The molecule has 2 aliphatic carbocycles. The molecule has 3 unspecified atom stereocenters. The number of rotatable bonds is 2. The predicted octanol–water partition coefficient (Wildman–Crippen LogP) is 1.68.